The molecule has 0 saturated heterocycles. The minimum absolute atomic E-state index is 0.209. The summed E-state index contributed by atoms with van der Waals surface area (Å²) >= 11 is 0. The number of hydrogen-bond acceptors (Lipinski definition) is 9. The third kappa shape index (κ3) is 38.5. The first kappa shape index (κ1) is 60.1. The van der Waals surface area contributed by atoms with Crippen LogP contribution in [0.4, 0.5) is 0 Å². The summed E-state index contributed by atoms with van der Waals surface area (Å²) in [4.78, 5) is 19.6. The molecule has 10 unspecified atom stereocenters. The predicted octanol–water partition coefficient (Wildman–Crippen LogP) is 13.6. The maximum Gasteiger partial charge on any atom is 0.472 e. The van der Waals surface area contributed by atoms with E-state index in [4.69, 9.17) is 18.5 Å². The minimum Gasteiger partial charge on any atom is -0.388 e. The molecule has 0 radical (unpaired) electrons. The molecule has 0 heterocycles. The van der Waals surface area contributed by atoms with Crippen molar-refractivity contribution in [2.75, 3.05) is 46.8 Å². The maximum atomic E-state index is 12.6. The van der Waals surface area contributed by atoms with Gasteiger partial charge in [0.1, 0.15) is 12.2 Å². The molecule has 0 aliphatic carbocycles. The van der Waals surface area contributed by atoms with Crippen molar-refractivity contribution in [1.82, 2.24) is 0 Å². The van der Waals surface area contributed by atoms with Crippen LogP contribution in [-0.4, -0.2) is 73.9 Å². The highest BCUT2D eigenvalue weighted by atomic mass is 31.2. The standard InChI is InChI=1S/C47H98O11P2/c1-38(2)18-12-20-40(5)22-14-24-42(7)26-16-28-44(9)30-32-54-36-47(37-58-60(51,52)57-35-46(48)34-56-59(49,50)53-11)55-33-31-45(10)29-17-27-43(8)25-15-23-41(6)21-13-19-39(3)4/h38-48H,12-37H2,1-11H3,(H,49,50)(H,51,52). The van der Waals surface area contributed by atoms with Crippen molar-refractivity contribution in [1.29, 1.82) is 0 Å². The van der Waals surface area contributed by atoms with Gasteiger partial charge < -0.3 is 24.4 Å². The fourth-order valence-corrected chi connectivity index (χ4v) is 8.89. The molecule has 0 rings (SSSR count). The van der Waals surface area contributed by atoms with Crippen molar-refractivity contribution in [3.05, 3.63) is 0 Å². The molecular formula is C47H98O11P2. The number of ether oxygens (including phenoxy) is 2. The van der Waals surface area contributed by atoms with Crippen LogP contribution in [-0.2, 0) is 36.7 Å². The molecule has 0 aromatic heterocycles. The largest absolute Gasteiger partial charge is 0.472 e. The van der Waals surface area contributed by atoms with Crippen LogP contribution in [0, 0.1) is 47.3 Å². The van der Waals surface area contributed by atoms with Gasteiger partial charge in [0.25, 0.3) is 0 Å². The molecule has 0 aromatic carbocycles. The molecule has 0 fully saturated rings. The van der Waals surface area contributed by atoms with E-state index in [0.717, 1.165) is 61.9 Å². The molecule has 60 heavy (non-hydrogen) atoms. The van der Waals surface area contributed by atoms with E-state index in [1.54, 1.807) is 0 Å². The number of hydrogen-bond donors (Lipinski definition) is 3. The molecule has 11 nitrogen and oxygen atoms in total. The first-order valence-corrected chi connectivity index (χ1v) is 27.2. The van der Waals surface area contributed by atoms with Gasteiger partial charge in [-0.05, 0) is 60.2 Å². The van der Waals surface area contributed by atoms with Crippen LogP contribution in [0.15, 0.2) is 0 Å². The van der Waals surface area contributed by atoms with Gasteiger partial charge in [0.05, 0.1) is 26.4 Å². The van der Waals surface area contributed by atoms with E-state index in [0.29, 0.717) is 25.0 Å². The number of aliphatic hydroxyl groups is 1. The summed E-state index contributed by atoms with van der Waals surface area (Å²) in [5, 5.41) is 9.99. The van der Waals surface area contributed by atoms with Crippen LogP contribution < -0.4 is 0 Å². The van der Waals surface area contributed by atoms with Crippen LogP contribution in [0.5, 0.6) is 0 Å². The lowest BCUT2D eigenvalue weighted by Crippen LogP contribution is -2.27. The Kier molecular flexibility index (Phi) is 36.4. The smallest absolute Gasteiger partial charge is 0.388 e. The van der Waals surface area contributed by atoms with Gasteiger partial charge in [0, 0.05) is 20.3 Å². The number of phosphoric ester groups is 2. The topological polar surface area (TPSA) is 150 Å². The number of phosphoric acid groups is 2. The average molecular weight is 901 g/mol. The molecule has 0 aromatic rings. The molecule has 0 aliphatic rings. The summed E-state index contributed by atoms with van der Waals surface area (Å²) < 4.78 is 55.4. The summed E-state index contributed by atoms with van der Waals surface area (Å²) in [5.74, 6) is 5.77. The van der Waals surface area contributed by atoms with Crippen LogP contribution in [0.3, 0.4) is 0 Å². The third-order valence-electron chi connectivity index (χ3n) is 12.1. The second-order valence-electron chi connectivity index (χ2n) is 19.8. The van der Waals surface area contributed by atoms with Gasteiger partial charge in [-0.3, -0.25) is 18.1 Å². The van der Waals surface area contributed by atoms with E-state index in [-0.39, 0.29) is 13.2 Å². The van der Waals surface area contributed by atoms with E-state index in [1.165, 1.54) is 109 Å². The number of aliphatic hydroxyl groups excluding tert-OH is 1. The average Bonchev–Trinajstić information content (AvgIpc) is 3.16. The van der Waals surface area contributed by atoms with Crippen molar-refractivity contribution < 1.29 is 51.6 Å². The lowest BCUT2D eigenvalue weighted by molar-refractivity contribution is -0.0492. The van der Waals surface area contributed by atoms with Gasteiger partial charge in [-0.2, -0.15) is 0 Å². The molecule has 13 heteroatoms. The SMILES string of the molecule is COP(=O)(O)OCC(O)COP(=O)(O)OCC(COCCC(C)CCCC(C)CCCC(C)CCCC(C)C)OCCC(C)CCCC(C)CCCC(C)CCCC(C)C. The van der Waals surface area contributed by atoms with Gasteiger partial charge in [-0.25, -0.2) is 9.13 Å². The van der Waals surface area contributed by atoms with E-state index in [2.05, 4.69) is 78.3 Å². The van der Waals surface area contributed by atoms with Crippen molar-refractivity contribution in [2.24, 2.45) is 47.3 Å². The lowest BCUT2D eigenvalue weighted by Gasteiger charge is -2.22. The highest BCUT2D eigenvalue weighted by Crippen LogP contribution is 2.44. The molecule has 0 aliphatic heterocycles. The van der Waals surface area contributed by atoms with Gasteiger partial charge in [0.2, 0.25) is 0 Å². The van der Waals surface area contributed by atoms with Crippen molar-refractivity contribution >= 4 is 15.6 Å². The summed E-state index contributed by atoms with van der Waals surface area (Å²) in [6, 6.07) is 0. The summed E-state index contributed by atoms with van der Waals surface area (Å²) in [6.07, 6.45) is 23.0. The first-order chi connectivity index (χ1) is 28.2. The fourth-order valence-electron chi connectivity index (χ4n) is 7.63. The zero-order chi connectivity index (χ0) is 45.4. The van der Waals surface area contributed by atoms with Gasteiger partial charge in [-0.1, -0.05) is 185 Å². The Hall–Kier alpha value is 0.1000. The highest BCUT2D eigenvalue weighted by Gasteiger charge is 2.27. The normalized spacial score (nSPS) is 18.5. The van der Waals surface area contributed by atoms with Gasteiger partial charge in [-0.15, -0.1) is 0 Å². The quantitative estimate of drug-likeness (QED) is 0.0396. The maximum absolute atomic E-state index is 12.6. The minimum atomic E-state index is -4.58. The monoisotopic (exact) mass is 901 g/mol. The van der Waals surface area contributed by atoms with Crippen molar-refractivity contribution in [3.63, 3.8) is 0 Å². The molecule has 0 spiro atoms. The molecule has 0 saturated carbocycles. The van der Waals surface area contributed by atoms with E-state index in [1.807, 2.05) is 0 Å². The Labute approximate surface area is 370 Å². The summed E-state index contributed by atoms with van der Waals surface area (Å²) in [5.41, 5.74) is 0. The second-order valence-corrected chi connectivity index (χ2v) is 22.8. The molecule has 362 valence electrons. The van der Waals surface area contributed by atoms with E-state index >= 15 is 0 Å². The zero-order valence-electron chi connectivity index (χ0n) is 40.7. The van der Waals surface area contributed by atoms with Gasteiger partial charge >= 0.3 is 15.6 Å². The predicted molar refractivity (Wildman–Crippen MR) is 248 cm³/mol. The zero-order valence-corrected chi connectivity index (χ0v) is 42.4. The van der Waals surface area contributed by atoms with Crippen molar-refractivity contribution in [2.45, 2.75) is 210 Å². The van der Waals surface area contributed by atoms with Crippen LogP contribution in [0.2, 0.25) is 0 Å². The lowest BCUT2D eigenvalue weighted by atomic mass is 9.91. The van der Waals surface area contributed by atoms with E-state index < -0.39 is 41.1 Å². The Morgan fingerprint density at radius 3 is 1.10 bits per heavy atom. The molecule has 0 amide bonds. The Balaban J connectivity index is 4.73. The van der Waals surface area contributed by atoms with E-state index in [9.17, 15) is 24.0 Å². The fraction of sp³-hybridized carbons (Fsp3) is 1.00. The van der Waals surface area contributed by atoms with Crippen LogP contribution in [0.25, 0.3) is 0 Å². The Morgan fingerprint density at radius 2 is 0.733 bits per heavy atom. The molecule has 10 atom stereocenters. The molecule has 3 N–H and O–H groups in total. The second kappa shape index (κ2) is 36.3. The van der Waals surface area contributed by atoms with Crippen molar-refractivity contribution in [3.8, 4) is 0 Å². The highest BCUT2D eigenvalue weighted by molar-refractivity contribution is 7.47. The first-order valence-electron chi connectivity index (χ1n) is 24.3. The Morgan fingerprint density at radius 1 is 0.417 bits per heavy atom. The van der Waals surface area contributed by atoms with Crippen LogP contribution >= 0.6 is 15.6 Å². The van der Waals surface area contributed by atoms with Gasteiger partial charge in [0.15, 0.2) is 0 Å². The molecule has 0 bridgehead atoms. The number of rotatable bonds is 43. The van der Waals surface area contributed by atoms with Crippen LogP contribution in [0.1, 0.15) is 198 Å². The third-order valence-corrected chi connectivity index (χ3v) is 14.0. The molecular weight excluding hydrogens is 802 g/mol. The summed E-state index contributed by atoms with van der Waals surface area (Å²) in [6.45, 7) is 23.1. The summed E-state index contributed by atoms with van der Waals surface area (Å²) in [7, 11) is -7.90. The Bertz CT molecular complexity index is 1080.